The third-order valence-electron chi connectivity index (χ3n) is 2.71. The predicted molar refractivity (Wildman–Crippen MR) is 65.1 cm³/mol. The maximum Gasteiger partial charge on any atom is 0.203 e. The first-order valence-electron chi connectivity index (χ1n) is 5.40. The molecule has 5 heteroatoms. The Balaban J connectivity index is 2.70. The van der Waals surface area contributed by atoms with Crippen molar-refractivity contribution in [2.75, 3.05) is 0 Å². The molecule has 0 fully saturated rings. The fourth-order valence-electron chi connectivity index (χ4n) is 1.70. The molecule has 0 aliphatic rings. The largest absolute Gasteiger partial charge is 0.345 e. The van der Waals surface area contributed by atoms with Gasteiger partial charge in [0.25, 0.3) is 0 Å². The summed E-state index contributed by atoms with van der Waals surface area (Å²) in [5.41, 5.74) is -0.00618. The highest BCUT2D eigenvalue weighted by Crippen LogP contribution is 2.19. The molecule has 2 rings (SSSR count). The Hall–Kier alpha value is -1.91. The molecule has 2 heterocycles. The van der Waals surface area contributed by atoms with Crippen LogP contribution in [0, 0.1) is 5.41 Å². The van der Waals surface area contributed by atoms with Gasteiger partial charge in [0.15, 0.2) is 5.78 Å². The standard InChI is InChI=1S/C12H15N3O2/c1-12(2,3)10(17)7-5-13-11-8(9(7)16)6-14-15(11)4/h5-6H,1-4H3,(H,13,16). The molecule has 0 aliphatic carbocycles. The second kappa shape index (κ2) is 3.55. The van der Waals surface area contributed by atoms with Crippen molar-refractivity contribution in [3.8, 4) is 0 Å². The molecule has 17 heavy (non-hydrogen) atoms. The fraction of sp³-hybridized carbons (Fsp3) is 0.417. The van der Waals surface area contributed by atoms with Crippen LogP contribution in [0.3, 0.4) is 0 Å². The molecular formula is C12H15N3O2. The summed E-state index contributed by atoms with van der Waals surface area (Å²) >= 11 is 0. The lowest BCUT2D eigenvalue weighted by Gasteiger charge is -2.15. The van der Waals surface area contributed by atoms with Gasteiger partial charge in [0.1, 0.15) is 5.65 Å². The minimum atomic E-state index is -0.567. The summed E-state index contributed by atoms with van der Waals surface area (Å²) in [5, 5.41) is 4.44. The van der Waals surface area contributed by atoms with E-state index in [2.05, 4.69) is 10.1 Å². The summed E-state index contributed by atoms with van der Waals surface area (Å²) in [7, 11) is 1.74. The van der Waals surface area contributed by atoms with E-state index in [4.69, 9.17) is 0 Å². The lowest BCUT2D eigenvalue weighted by atomic mass is 9.87. The summed E-state index contributed by atoms with van der Waals surface area (Å²) in [6.07, 6.45) is 2.95. The van der Waals surface area contributed by atoms with E-state index in [-0.39, 0.29) is 16.8 Å². The molecule has 0 saturated heterocycles. The number of aryl methyl sites for hydroxylation is 1. The number of rotatable bonds is 1. The number of fused-ring (bicyclic) bond motifs is 1. The Morgan fingerprint density at radius 2 is 2.06 bits per heavy atom. The maximum absolute atomic E-state index is 12.1. The third kappa shape index (κ3) is 1.77. The van der Waals surface area contributed by atoms with Crippen molar-refractivity contribution in [1.82, 2.24) is 14.8 Å². The number of ketones is 1. The van der Waals surface area contributed by atoms with E-state index in [1.807, 2.05) is 0 Å². The third-order valence-corrected chi connectivity index (χ3v) is 2.71. The van der Waals surface area contributed by atoms with Crippen LogP contribution in [-0.4, -0.2) is 20.5 Å². The van der Waals surface area contributed by atoms with Gasteiger partial charge < -0.3 is 4.98 Å². The summed E-state index contributed by atoms with van der Waals surface area (Å²) in [6.45, 7) is 5.38. The normalized spacial score (nSPS) is 12.0. The quantitative estimate of drug-likeness (QED) is 0.759. The van der Waals surface area contributed by atoms with Gasteiger partial charge in [0, 0.05) is 18.7 Å². The number of aromatic nitrogens is 3. The van der Waals surface area contributed by atoms with Gasteiger partial charge in [-0.1, -0.05) is 20.8 Å². The van der Waals surface area contributed by atoms with E-state index in [9.17, 15) is 9.59 Å². The highest BCUT2D eigenvalue weighted by Gasteiger charge is 2.26. The van der Waals surface area contributed by atoms with Crippen molar-refractivity contribution in [3.05, 3.63) is 28.2 Å². The van der Waals surface area contributed by atoms with E-state index < -0.39 is 5.41 Å². The predicted octanol–water partition coefficient (Wildman–Crippen LogP) is 1.49. The minimum absolute atomic E-state index is 0.162. The first-order valence-corrected chi connectivity index (χ1v) is 5.40. The van der Waals surface area contributed by atoms with Crippen LogP contribution >= 0.6 is 0 Å². The van der Waals surface area contributed by atoms with Crippen molar-refractivity contribution >= 4 is 16.8 Å². The summed E-state index contributed by atoms with van der Waals surface area (Å²) in [4.78, 5) is 27.2. The Kier molecular flexibility index (Phi) is 2.41. The highest BCUT2D eigenvalue weighted by molar-refractivity contribution is 6.01. The zero-order valence-electron chi connectivity index (χ0n) is 10.4. The van der Waals surface area contributed by atoms with Crippen LogP contribution in [0.15, 0.2) is 17.2 Å². The molecule has 0 aliphatic heterocycles. The van der Waals surface area contributed by atoms with Crippen molar-refractivity contribution in [2.45, 2.75) is 20.8 Å². The highest BCUT2D eigenvalue weighted by atomic mass is 16.1. The molecule has 90 valence electrons. The van der Waals surface area contributed by atoms with Crippen molar-refractivity contribution in [2.24, 2.45) is 12.5 Å². The van der Waals surface area contributed by atoms with E-state index in [1.54, 1.807) is 32.5 Å². The SMILES string of the molecule is Cn1ncc2c(=O)c(C(=O)C(C)(C)C)c[nH]c21. The molecular weight excluding hydrogens is 218 g/mol. The molecule has 0 unspecified atom stereocenters. The molecule has 0 atom stereocenters. The van der Waals surface area contributed by atoms with Crippen LogP contribution in [-0.2, 0) is 7.05 Å². The number of nitrogens with zero attached hydrogens (tertiary/aromatic N) is 2. The van der Waals surface area contributed by atoms with Crippen LogP contribution in [0.5, 0.6) is 0 Å². The number of carbonyl (C=O) groups excluding carboxylic acids is 1. The topological polar surface area (TPSA) is 67.8 Å². The van der Waals surface area contributed by atoms with Crippen molar-refractivity contribution in [3.63, 3.8) is 0 Å². The van der Waals surface area contributed by atoms with Crippen molar-refractivity contribution < 1.29 is 4.79 Å². The van der Waals surface area contributed by atoms with Crippen LogP contribution in [0.1, 0.15) is 31.1 Å². The molecule has 5 nitrogen and oxygen atoms in total. The number of pyridine rings is 1. The molecule has 0 saturated carbocycles. The van der Waals surface area contributed by atoms with Gasteiger partial charge >= 0.3 is 0 Å². The Labute approximate surface area is 98.5 Å². The number of carbonyl (C=O) groups is 1. The molecule has 0 radical (unpaired) electrons. The number of H-pyrrole nitrogens is 1. The number of Topliss-reactive ketones (excluding diaryl/α,β-unsaturated/α-hetero) is 1. The zero-order chi connectivity index (χ0) is 12.8. The number of hydrogen-bond acceptors (Lipinski definition) is 3. The zero-order valence-corrected chi connectivity index (χ0v) is 10.4. The smallest absolute Gasteiger partial charge is 0.203 e. The maximum atomic E-state index is 12.1. The molecule has 0 bridgehead atoms. The summed E-state index contributed by atoms with van der Waals surface area (Å²) in [5.74, 6) is -0.162. The van der Waals surface area contributed by atoms with Crippen LogP contribution < -0.4 is 5.43 Å². The van der Waals surface area contributed by atoms with E-state index in [1.165, 1.54) is 12.4 Å². The molecule has 0 spiro atoms. The molecule has 1 N–H and O–H groups in total. The molecule has 0 aromatic carbocycles. The van der Waals surface area contributed by atoms with E-state index in [0.29, 0.717) is 11.0 Å². The van der Waals surface area contributed by atoms with Crippen LogP contribution in [0.4, 0.5) is 0 Å². The molecule has 2 aromatic heterocycles. The lowest BCUT2D eigenvalue weighted by molar-refractivity contribution is 0.0857. The van der Waals surface area contributed by atoms with Gasteiger partial charge in [-0.05, 0) is 0 Å². The first-order chi connectivity index (χ1) is 7.82. The fourth-order valence-corrected chi connectivity index (χ4v) is 1.70. The summed E-state index contributed by atoms with van der Waals surface area (Å²) in [6, 6.07) is 0. The van der Waals surface area contributed by atoms with Gasteiger partial charge in [-0.2, -0.15) is 5.10 Å². The summed E-state index contributed by atoms with van der Waals surface area (Å²) < 4.78 is 1.57. The average molecular weight is 233 g/mol. The second-order valence-electron chi connectivity index (χ2n) is 5.14. The minimum Gasteiger partial charge on any atom is -0.345 e. The van der Waals surface area contributed by atoms with Crippen molar-refractivity contribution in [1.29, 1.82) is 0 Å². The average Bonchev–Trinajstić information content (AvgIpc) is 2.60. The lowest BCUT2D eigenvalue weighted by Crippen LogP contribution is -2.26. The second-order valence-corrected chi connectivity index (χ2v) is 5.14. The molecule has 0 amide bonds. The van der Waals surface area contributed by atoms with Gasteiger partial charge in [-0.3, -0.25) is 14.3 Å². The number of nitrogens with one attached hydrogen (secondary N) is 1. The van der Waals surface area contributed by atoms with E-state index >= 15 is 0 Å². The van der Waals surface area contributed by atoms with Crippen LogP contribution in [0.2, 0.25) is 0 Å². The Morgan fingerprint density at radius 1 is 1.41 bits per heavy atom. The van der Waals surface area contributed by atoms with Gasteiger partial charge in [0.2, 0.25) is 5.43 Å². The van der Waals surface area contributed by atoms with Gasteiger partial charge in [-0.15, -0.1) is 0 Å². The van der Waals surface area contributed by atoms with Gasteiger partial charge in [0.05, 0.1) is 17.1 Å². The number of aromatic amines is 1. The van der Waals surface area contributed by atoms with E-state index in [0.717, 1.165) is 0 Å². The molecule has 2 aromatic rings. The number of hydrogen-bond donors (Lipinski definition) is 1. The van der Waals surface area contributed by atoms with Crippen LogP contribution in [0.25, 0.3) is 11.0 Å². The Bertz CT molecular complexity index is 644. The van der Waals surface area contributed by atoms with Gasteiger partial charge in [-0.25, -0.2) is 0 Å². The Morgan fingerprint density at radius 3 is 2.65 bits per heavy atom. The first kappa shape index (κ1) is 11.6. The monoisotopic (exact) mass is 233 g/mol.